The zero-order valence-corrected chi connectivity index (χ0v) is 12.1. The fraction of sp³-hybridized carbons (Fsp3) is 0.533. The summed E-state index contributed by atoms with van der Waals surface area (Å²) in [5.74, 6) is 0.811. The van der Waals surface area contributed by atoms with Gasteiger partial charge in [0, 0.05) is 18.3 Å². The van der Waals surface area contributed by atoms with Gasteiger partial charge in [-0.05, 0) is 31.9 Å². The third-order valence-corrected chi connectivity index (χ3v) is 2.81. The largest absolute Gasteiger partial charge is 0.494 e. The lowest BCUT2D eigenvalue weighted by Crippen LogP contribution is -2.29. The lowest BCUT2D eigenvalue weighted by molar-refractivity contribution is 0.252. The van der Waals surface area contributed by atoms with Crippen molar-refractivity contribution in [1.29, 1.82) is 0 Å². The number of unbranched alkanes of at least 4 members (excludes halogenated alkanes) is 2. The Morgan fingerprint density at radius 2 is 2.05 bits per heavy atom. The number of ether oxygens (including phenoxy) is 1. The molecule has 0 heterocycles. The Bertz CT molecular complexity index is 405. The molecule has 0 fully saturated rings. The van der Waals surface area contributed by atoms with E-state index >= 15 is 0 Å². The molecule has 1 rings (SSSR count). The first kappa shape index (κ1) is 15.3. The predicted molar refractivity (Wildman–Crippen MR) is 78.9 cm³/mol. The third-order valence-electron chi connectivity index (χ3n) is 2.81. The van der Waals surface area contributed by atoms with Crippen LogP contribution in [-0.4, -0.2) is 19.2 Å². The molecule has 2 amide bonds. The van der Waals surface area contributed by atoms with Crippen LogP contribution in [0.1, 0.15) is 38.7 Å². The number of hydrogen-bond donors (Lipinski definition) is 2. The topological polar surface area (TPSA) is 50.4 Å². The minimum absolute atomic E-state index is 0.164. The summed E-state index contributed by atoms with van der Waals surface area (Å²) >= 11 is 0. The van der Waals surface area contributed by atoms with Crippen molar-refractivity contribution in [3.8, 4) is 5.75 Å². The highest BCUT2D eigenvalue weighted by atomic mass is 16.5. The van der Waals surface area contributed by atoms with Crippen LogP contribution in [0, 0.1) is 6.92 Å². The van der Waals surface area contributed by atoms with Gasteiger partial charge in [0.1, 0.15) is 5.75 Å². The van der Waals surface area contributed by atoms with Crippen LogP contribution in [0.4, 0.5) is 10.5 Å². The molecule has 0 bridgehead atoms. The number of carbonyl (C=O) groups is 1. The number of benzene rings is 1. The van der Waals surface area contributed by atoms with Gasteiger partial charge in [0.2, 0.25) is 0 Å². The second kappa shape index (κ2) is 8.40. The van der Waals surface area contributed by atoms with Gasteiger partial charge in [0.15, 0.2) is 0 Å². The standard InChI is InChI=1S/C15H24N2O2/c1-4-6-7-10-16-15(18)17-13-9-8-12(3)14(11-13)19-5-2/h8-9,11H,4-7,10H2,1-3H3,(H2,16,17,18). The van der Waals surface area contributed by atoms with Crippen LogP contribution < -0.4 is 15.4 Å². The van der Waals surface area contributed by atoms with Gasteiger partial charge >= 0.3 is 6.03 Å². The smallest absolute Gasteiger partial charge is 0.319 e. The first-order valence-corrected chi connectivity index (χ1v) is 6.95. The molecular weight excluding hydrogens is 240 g/mol. The molecule has 0 aliphatic heterocycles. The van der Waals surface area contributed by atoms with E-state index in [0.717, 1.165) is 36.3 Å². The number of anilines is 1. The van der Waals surface area contributed by atoms with Crippen LogP contribution >= 0.6 is 0 Å². The summed E-state index contributed by atoms with van der Waals surface area (Å²) in [5.41, 5.74) is 1.82. The molecule has 0 saturated carbocycles. The predicted octanol–water partition coefficient (Wildman–Crippen LogP) is 3.71. The van der Waals surface area contributed by atoms with Crippen molar-refractivity contribution < 1.29 is 9.53 Å². The van der Waals surface area contributed by atoms with Crippen LogP contribution in [0.15, 0.2) is 18.2 Å². The third kappa shape index (κ3) is 5.64. The molecule has 19 heavy (non-hydrogen) atoms. The summed E-state index contributed by atoms with van der Waals surface area (Å²) in [6.07, 6.45) is 3.31. The summed E-state index contributed by atoms with van der Waals surface area (Å²) in [6.45, 7) is 7.40. The van der Waals surface area contributed by atoms with Gasteiger partial charge in [-0.1, -0.05) is 25.8 Å². The van der Waals surface area contributed by atoms with Gasteiger partial charge in [0.05, 0.1) is 6.61 Å². The quantitative estimate of drug-likeness (QED) is 0.738. The molecule has 0 atom stereocenters. The highest BCUT2D eigenvalue weighted by molar-refractivity contribution is 5.89. The van der Waals surface area contributed by atoms with Gasteiger partial charge in [-0.3, -0.25) is 0 Å². The van der Waals surface area contributed by atoms with Crippen molar-refractivity contribution in [2.24, 2.45) is 0 Å². The second-order valence-corrected chi connectivity index (χ2v) is 4.50. The van der Waals surface area contributed by atoms with Gasteiger partial charge in [0.25, 0.3) is 0 Å². The van der Waals surface area contributed by atoms with Crippen molar-refractivity contribution in [2.45, 2.75) is 40.0 Å². The molecule has 1 aromatic carbocycles. The maximum Gasteiger partial charge on any atom is 0.319 e. The Kier molecular flexibility index (Phi) is 6.79. The van der Waals surface area contributed by atoms with E-state index < -0.39 is 0 Å². The monoisotopic (exact) mass is 264 g/mol. The Hall–Kier alpha value is -1.71. The lowest BCUT2D eigenvalue weighted by atomic mass is 10.2. The summed E-state index contributed by atoms with van der Waals surface area (Å²) < 4.78 is 5.50. The molecule has 0 spiro atoms. The fourth-order valence-corrected chi connectivity index (χ4v) is 1.74. The van der Waals surface area contributed by atoms with Crippen LogP contribution in [-0.2, 0) is 0 Å². The minimum Gasteiger partial charge on any atom is -0.494 e. The summed E-state index contributed by atoms with van der Waals surface area (Å²) in [6, 6.07) is 5.51. The highest BCUT2D eigenvalue weighted by Gasteiger charge is 2.04. The van der Waals surface area contributed by atoms with E-state index in [9.17, 15) is 4.79 Å². The molecule has 2 N–H and O–H groups in total. The summed E-state index contributed by atoms with van der Waals surface area (Å²) in [4.78, 5) is 11.7. The van der Waals surface area contributed by atoms with E-state index in [1.807, 2.05) is 32.0 Å². The number of hydrogen-bond acceptors (Lipinski definition) is 2. The van der Waals surface area contributed by atoms with Crippen LogP contribution in [0.3, 0.4) is 0 Å². The SMILES string of the molecule is CCCCCNC(=O)Nc1ccc(C)c(OCC)c1. The molecule has 0 saturated heterocycles. The zero-order valence-electron chi connectivity index (χ0n) is 12.1. The Balaban J connectivity index is 2.47. The first-order valence-electron chi connectivity index (χ1n) is 6.95. The zero-order chi connectivity index (χ0) is 14.1. The van der Waals surface area contributed by atoms with E-state index in [-0.39, 0.29) is 6.03 Å². The van der Waals surface area contributed by atoms with Crippen LogP contribution in [0.25, 0.3) is 0 Å². The van der Waals surface area contributed by atoms with Crippen molar-refractivity contribution in [3.63, 3.8) is 0 Å². The van der Waals surface area contributed by atoms with Gasteiger partial charge in [-0.2, -0.15) is 0 Å². The Morgan fingerprint density at radius 3 is 2.74 bits per heavy atom. The van der Waals surface area contributed by atoms with Crippen LogP contribution in [0.2, 0.25) is 0 Å². The maximum absolute atomic E-state index is 11.7. The first-order chi connectivity index (χ1) is 9.17. The van der Waals surface area contributed by atoms with Crippen LogP contribution in [0.5, 0.6) is 5.75 Å². The van der Waals surface area contributed by atoms with E-state index in [0.29, 0.717) is 13.2 Å². The molecule has 1 aromatic rings. The fourth-order valence-electron chi connectivity index (χ4n) is 1.74. The average Bonchev–Trinajstić information content (AvgIpc) is 2.39. The minimum atomic E-state index is -0.164. The molecule has 0 aliphatic rings. The summed E-state index contributed by atoms with van der Waals surface area (Å²) in [5, 5.41) is 5.66. The van der Waals surface area contributed by atoms with Crippen molar-refractivity contribution in [3.05, 3.63) is 23.8 Å². The number of nitrogens with one attached hydrogen (secondary N) is 2. The Morgan fingerprint density at radius 1 is 1.26 bits per heavy atom. The number of rotatable bonds is 7. The lowest BCUT2D eigenvalue weighted by Gasteiger charge is -2.11. The van der Waals surface area contributed by atoms with Gasteiger partial charge < -0.3 is 15.4 Å². The average molecular weight is 264 g/mol. The number of carbonyl (C=O) groups excluding carboxylic acids is 1. The summed E-state index contributed by atoms with van der Waals surface area (Å²) in [7, 11) is 0. The van der Waals surface area contributed by atoms with Crippen molar-refractivity contribution in [1.82, 2.24) is 5.32 Å². The molecule has 0 aromatic heterocycles. The van der Waals surface area contributed by atoms with Crippen molar-refractivity contribution in [2.75, 3.05) is 18.5 Å². The van der Waals surface area contributed by atoms with E-state index in [1.54, 1.807) is 0 Å². The molecule has 0 unspecified atom stereocenters. The maximum atomic E-state index is 11.7. The molecule has 0 radical (unpaired) electrons. The molecule has 106 valence electrons. The normalized spacial score (nSPS) is 10.1. The molecule has 4 nitrogen and oxygen atoms in total. The molecular formula is C15H24N2O2. The number of amides is 2. The van der Waals surface area contributed by atoms with E-state index in [2.05, 4.69) is 17.6 Å². The second-order valence-electron chi connectivity index (χ2n) is 4.50. The van der Waals surface area contributed by atoms with E-state index in [1.165, 1.54) is 0 Å². The molecule has 0 aliphatic carbocycles. The van der Waals surface area contributed by atoms with Gasteiger partial charge in [-0.15, -0.1) is 0 Å². The van der Waals surface area contributed by atoms with E-state index in [4.69, 9.17) is 4.74 Å². The number of aryl methyl sites for hydroxylation is 1. The number of urea groups is 1. The Labute approximate surface area is 115 Å². The van der Waals surface area contributed by atoms with Crippen molar-refractivity contribution >= 4 is 11.7 Å². The molecule has 4 heteroatoms. The van der Waals surface area contributed by atoms with Gasteiger partial charge in [-0.25, -0.2) is 4.79 Å². The highest BCUT2D eigenvalue weighted by Crippen LogP contribution is 2.22.